The molecule has 100 valence electrons. The lowest BCUT2D eigenvalue weighted by atomic mass is 10.1. The van der Waals surface area contributed by atoms with E-state index in [4.69, 9.17) is 0 Å². The van der Waals surface area contributed by atoms with Gasteiger partial charge >= 0.3 is 0 Å². The zero-order chi connectivity index (χ0) is 13.9. The third kappa shape index (κ3) is 3.02. The fourth-order valence-corrected chi connectivity index (χ4v) is 3.00. The summed E-state index contributed by atoms with van der Waals surface area (Å²) in [5.74, 6) is 0. The predicted octanol–water partition coefficient (Wildman–Crippen LogP) is 5.52. The number of benzene rings is 3. The highest BCUT2D eigenvalue weighted by molar-refractivity contribution is 9.10. The van der Waals surface area contributed by atoms with Gasteiger partial charge in [0.05, 0.1) is 0 Å². The van der Waals surface area contributed by atoms with Crippen LogP contribution in [-0.4, -0.2) is 0 Å². The Balaban J connectivity index is 1.79. The standard InChI is InChI=1S/C18H16BrN/c1-13-8-17(19)11-18(9-13)20-12-14-6-7-15-4-2-3-5-16(15)10-14/h2-11,20H,12H2,1H3. The van der Waals surface area contributed by atoms with Gasteiger partial charge in [-0.25, -0.2) is 0 Å². The van der Waals surface area contributed by atoms with Gasteiger partial charge in [0.1, 0.15) is 0 Å². The molecule has 0 saturated heterocycles. The van der Waals surface area contributed by atoms with Crippen LogP contribution in [0.1, 0.15) is 11.1 Å². The molecule has 0 radical (unpaired) electrons. The molecule has 3 rings (SSSR count). The molecule has 0 aliphatic carbocycles. The molecule has 0 aromatic heterocycles. The molecule has 1 N–H and O–H groups in total. The molecule has 0 aliphatic heterocycles. The Morgan fingerprint density at radius 2 is 1.70 bits per heavy atom. The zero-order valence-corrected chi connectivity index (χ0v) is 12.9. The van der Waals surface area contributed by atoms with Crippen molar-refractivity contribution in [3.63, 3.8) is 0 Å². The van der Waals surface area contributed by atoms with Crippen LogP contribution in [0.4, 0.5) is 5.69 Å². The summed E-state index contributed by atoms with van der Waals surface area (Å²) in [6, 6.07) is 21.4. The highest BCUT2D eigenvalue weighted by Crippen LogP contribution is 2.21. The Kier molecular flexibility index (Phi) is 3.75. The van der Waals surface area contributed by atoms with E-state index in [1.165, 1.54) is 21.9 Å². The van der Waals surface area contributed by atoms with Crippen LogP contribution in [0.25, 0.3) is 10.8 Å². The Morgan fingerprint density at radius 3 is 2.50 bits per heavy atom. The molecule has 0 bridgehead atoms. The van der Waals surface area contributed by atoms with Gasteiger partial charge in [0, 0.05) is 16.7 Å². The van der Waals surface area contributed by atoms with E-state index < -0.39 is 0 Å². The van der Waals surface area contributed by atoms with E-state index in [-0.39, 0.29) is 0 Å². The highest BCUT2D eigenvalue weighted by Gasteiger charge is 1.99. The number of rotatable bonds is 3. The fourth-order valence-electron chi connectivity index (χ4n) is 2.39. The first kappa shape index (κ1) is 13.2. The average Bonchev–Trinajstić information content (AvgIpc) is 2.44. The lowest BCUT2D eigenvalue weighted by Gasteiger charge is -2.09. The van der Waals surface area contributed by atoms with Crippen LogP contribution in [0, 0.1) is 6.92 Å². The number of hydrogen-bond acceptors (Lipinski definition) is 1. The molecule has 0 atom stereocenters. The molecular weight excluding hydrogens is 310 g/mol. The normalized spacial score (nSPS) is 10.7. The van der Waals surface area contributed by atoms with E-state index in [9.17, 15) is 0 Å². The summed E-state index contributed by atoms with van der Waals surface area (Å²) in [7, 11) is 0. The van der Waals surface area contributed by atoms with Gasteiger partial charge < -0.3 is 5.32 Å². The molecule has 0 fully saturated rings. The third-order valence-electron chi connectivity index (χ3n) is 3.35. The Bertz CT molecular complexity index is 729. The Morgan fingerprint density at radius 1 is 0.900 bits per heavy atom. The van der Waals surface area contributed by atoms with Gasteiger partial charge in [-0.3, -0.25) is 0 Å². The number of anilines is 1. The van der Waals surface area contributed by atoms with Crippen LogP contribution in [0.15, 0.2) is 65.1 Å². The van der Waals surface area contributed by atoms with Crippen LogP contribution in [0.5, 0.6) is 0 Å². The molecule has 2 heteroatoms. The van der Waals surface area contributed by atoms with Gasteiger partial charge in [0.25, 0.3) is 0 Å². The maximum absolute atomic E-state index is 3.53. The predicted molar refractivity (Wildman–Crippen MR) is 90.2 cm³/mol. The molecule has 0 spiro atoms. The van der Waals surface area contributed by atoms with E-state index in [2.05, 4.69) is 88.8 Å². The fraction of sp³-hybridized carbons (Fsp3) is 0.111. The topological polar surface area (TPSA) is 12.0 Å². The second kappa shape index (κ2) is 5.68. The maximum atomic E-state index is 3.53. The quantitative estimate of drug-likeness (QED) is 0.668. The molecule has 0 saturated carbocycles. The van der Waals surface area contributed by atoms with Gasteiger partial charge in [-0.1, -0.05) is 52.3 Å². The molecule has 1 nitrogen and oxygen atoms in total. The number of nitrogens with one attached hydrogen (secondary N) is 1. The van der Waals surface area contributed by atoms with Crippen molar-refractivity contribution >= 4 is 32.4 Å². The Hall–Kier alpha value is -1.80. The summed E-state index contributed by atoms with van der Waals surface area (Å²) >= 11 is 3.53. The highest BCUT2D eigenvalue weighted by atomic mass is 79.9. The lowest BCUT2D eigenvalue weighted by molar-refractivity contribution is 1.15. The SMILES string of the molecule is Cc1cc(Br)cc(NCc2ccc3ccccc3c2)c1. The van der Waals surface area contributed by atoms with Gasteiger partial charge in [-0.15, -0.1) is 0 Å². The summed E-state index contributed by atoms with van der Waals surface area (Å²) in [6.07, 6.45) is 0. The summed E-state index contributed by atoms with van der Waals surface area (Å²) in [4.78, 5) is 0. The molecule has 0 aliphatic rings. The van der Waals surface area contributed by atoms with Crippen molar-refractivity contribution in [1.29, 1.82) is 0 Å². The van der Waals surface area contributed by atoms with Crippen molar-refractivity contribution in [3.8, 4) is 0 Å². The van der Waals surface area contributed by atoms with E-state index in [0.29, 0.717) is 0 Å². The molecule has 0 heterocycles. The number of hydrogen-bond donors (Lipinski definition) is 1. The minimum absolute atomic E-state index is 0.834. The van der Waals surface area contributed by atoms with Crippen LogP contribution < -0.4 is 5.32 Å². The second-order valence-electron chi connectivity index (χ2n) is 5.05. The van der Waals surface area contributed by atoms with Crippen LogP contribution in [0.3, 0.4) is 0 Å². The molecule has 0 amide bonds. The summed E-state index contributed by atoms with van der Waals surface area (Å²) < 4.78 is 1.11. The zero-order valence-electron chi connectivity index (χ0n) is 11.4. The summed E-state index contributed by atoms with van der Waals surface area (Å²) in [5, 5.41) is 6.05. The molecule has 20 heavy (non-hydrogen) atoms. The largest absolute Gasteiger partial charge is 0.381 e. The minimum atomic E-state index is 0.834. The van der Waals surface area contributed by atoms with E-state index in [0.717, 1.165) is 16.7 Å². The maximum Gasteiger partial charge on any atom is 0.0401 e. The summed E-state index contributed by atoms with van der Waals surface area (Å²) in [6.45, 7) is 2.94. The Labute approximate surface area is 127 Å². The van der Waals surface area contributed by atoms with Crippen molar-refractivity contribution in [2.45, 2.75) is 13.5 Å². The first-order valence-corrected chi connectivity index (χ1v) is 7.49. The van der Waals surface area contributed by atoms with E-state index in [1.54, 1.807) is 0 Å². The van der Waals surface area contributed by atoms with Crippen LogP contribution in [0.2, 0.25) is 0 Å². The van der Waals surface area contributed by atoms with Crippen LogP contribution >= 0.6 is 15.9 Å². The first-order valence-electron chi connectivity index (χ1n) is 6.69. The van der Waals surface area contributed by atoms with Gasteiger partial charge in [0.2, 0.25) is 0 Å². The van der Waals surface area contributed by atoms with Crippen LogP contribution in [-0.2, 0) is 6.54 Å². The van der Waals surface area contributed by atoms with Crippen molar-refractivity contribution in [2.75, 3.05) is 5.32 Å². The van der Waals surface area contributed by atoms with Gasteiger partial charge in [-0.05, 0) is 53.1 Å². The van der Waals surface area contributed by atoms with E-state index >= 15 is 0 Å². The molecule has 3 aromatic rings. The smallest absolute Gasteiger partial charge is 0.0401 e. The van der Waals surface area contributed by atoms with Crippen molar-refractivity contribution < 1.29 is 0 Å². The molecule has 0 unspecified atom stereocenters. The molecule has 3 aromatic carbocycles. The monoisotopic (exact) mass is 325 g/mol. The van der Waals surface area contributed by atoms with E-state index in [1.807, 2.05) is 0 Å². The lowest BCUT2D eigenvalue weighted by Crippen LogP contribution is -1.99. The number of fused-ring (bicyclic) bond motifs is 1. The number of aryl methyl sites for hydroxylation is 1. The van der Waals surface area contributed by atoms with Gasteiger partial charge in [-0.2, -0.15) is 0 Å². The number of halogens is 1. The van der Waals surface area contributed by atoms with Crippen molar-refractivity contribution in [2.24, 2.45) is 0 Å². The molecular formula is C18H16BrN. The average molecular weight is 326 g/mol. The third-order valence-corrected chi connectivity index (χ3v) is 3.81. The minimum Gasteiger partial charge on any atom is -0.381 e. The first-order chi connectivity index (χ1) is 9.70. The van der Waals surface area contributed by atoms with Crippen molar-refractivity contribution in [3.05, 3.63) is 76.3 Å². The van der Waals surface area contributed by atoms with Crippen molar-refractivity contribution in [1.82, 2.24) is 0 Å². The summed E-state index contributed by atoms with van der Waals surface area (Å²) in [5.41, 5.74) is 3.69. The second-order valence-corrected chi connectivity index (χ2v) is 5.97. The van der Waals surface area contributed by atoms with Gasteiger partial charge in [0.15, 0.2) is 0 Å².